The van der Waals surface area contributed by atoms with E-state index in [0.29, 0.717) is 0 Å². The average molecular weight is 377 g/mol. The van der Waals surface area contributed by atoms with E-state index in [9.17, 15) is 4.79 Å². The molecule has 5 heteroatoms. The second-order valence-electron chi connectivity index (χ2n) is 7.40. The lowest BCUT2D eigenvalue weighted by molar-refractivity contribution is -0.125. The van der Waals surface area contributed by atoms with Gasteiger partial charge in [-0.3, -0.25) is 4.79 Å². The van der Waals surface area contributed by atoms with Crippen LogP contribution in [0.5, 0.6) is 5.75 Å². The molecular formula is C21H29ClN2O2. The molecule has 0 aromatic heterocycles. The van der Waals surface area contributed by atoms with E-state index in [1.807, 2.05) is 76.2 Å². The number of carbonyl (C=O) groups is 1. The van der Waals surface area contributed by atoms with Gasteiger partial charge in [0.05, 0.1) is 19.2 Å². The third kappa shape index (κ3) is 5.23. The number of hydrogen-bond acceptors (Lipinski definition) is 3. The van der Waals surface area contributed by atoms with Crippen LogP contribution in [-0.4, -0.2) is 19.1 Å². The highest BCUT2D eigenvalue weighted by atomic mass is 35.5. The second-order valence-corrected chi connectivity index (χ2v) is 7.40. The van der Waals surface area contributed by atoms with Crippen molar-refractivity contribution >= 4 is 18.3 Å². The average Bonchev–Trinajstić information content (AvgIpc) is 2.60. The van der Waals surface area contributed by atoms with Crippen LogP contribution in [0.15, 0.2) is 48.5 Å². The number of amides is 1. The fourth-order valence-electron chi connectivity index (χ4n) is 2.61. The number of rotatable bonds is 5. The topological polar surface area (TPSA) is 64.3 Å². The number of carbonyl (C=O) groups excluding carboxylic acids is 1. The predicted octanol–water partition coefficient (Wildman–Crippen LogP) is 4.33. The molecule has 2 aromatic rings. The summed E-state index contributed by atoms with van der Waals surface area (Å²) in [5.41, 5.74) is 8.92. The van der Waals surface area contributed by atoms with E-state index >= 15 is 0 Å². The third-order valence-electron chi connectivity index (χ3n) is 4.40. The molecule has 1 amide bonds. The summed E-state index contributed by atoms with van der Waals surface area (Å²) in [6.07, 6.45) is 0. The number of para-hydroxylation sites is 1. The fourth-order valence-corrected chi connectivity index (χ4v) is 2.61. The number of benzene rings is 2. The molecule has 0 radical (unpaired) electrons. The Hall–Kier alpha value is -2.04. The lowest BCUT2D eigenvalue weighted by Crippen LogP contribution is -2.49. The van der Waals surface area contributed by atoms with E-state index in [1.54, 1.807) is 7.11 Å². The van der Waals surface area contributed by atoms with Gasteiger partial charge < -0.3 is 15.8 Å². The molecule has 4 nitrogen and oxygen atoms in total. The molecule has 0 aliphatic rings. The molecule has 0 spiro atoms. The molecule has 0 aliphatic heterocycles. The van der Waals surface area contributed by atoms with Gasteiger partial charge in [-0.05, 0) is 29.5 Å². The Balaban J connectivity index is 0.00000338. The van der Waals surface area contributed by atoms with E-state index in [4.69, 9.17) is 10.5 Å². The molecule has 0 heterocycles. The number of nitrogens with one attached hydrogen (secondary N) is 1. The molecule has 2 aromatic carbocycles. The Morgan fingerprint density at radius 3 is 2.19 bits per heavy atom. The van der Waals surface area contributed by atoms with Crippen molar-refractivity contribution in [2.45, 2.75) is 39.8 Å². The zero-order valence-electron chi connectivity index (χ0n) is 16.1. The smallest absolute Gasteiger partial charge is 0.237 e. The highest BCUT2D eigenvalue weighted by molar-refractivity contribution is 5.85. The van der Waals surface area contributed by atoms with Crippen molar-refractivity contribution in [1.82, 2.24) is 5.32 Å². The Morgan fingerprint density at radius 1 is 1.08 bits per heavy atom. The maximum absolute atomic E-state index is 12.3. The van der Waals surface area contributed by atoms with Gasteiger partial charge in [-0.25, -0.2) is 0 Å². The zero-order valence-corrected chi connectivity index (χ0v) is 16.9. The van der Waals surface area contributed by atoms with Crippen LogP contribution in [0.3, 0.4) is 0 Å². The van der Waals surface area contributed by atoms with Gasteiger partial charge in [0.15, 0.2) is 0 Å². The van der Waals surface area contributed by atoms with Gasteiger partial charge in [0.1, 0.15) is 5.75 Å². The molecule has 0 saturated carbocycles. The number of ether oxygens (including phenoxy) is 1. The highest BCUT2D eigenvalue weighted by Crippen LogP contribution is 2.30. The Bertz CT molecular complexity index is 724. The molecule has 0 fully saturated rings. The lowest BCUT2D eigenvalue weighted by Gasteiger charge is -2.27. The van der Waals surface area contributed by atoms with Crippen LogP contribution >= 0.6 is 12.4 Å². The summed E-state index contributed by atoms with van der Waals surface area (Å²) in [4.78, 5) is 12.3. The summed E-state index contributed by atoms with van der Waals surface area (Å²) < 4.78 is 5.42. The van der Waals surface area contributed by atoms with Crippen molar-refractivity contribution in [3.8, 4) is 16.9 Å². The minimum atomic E-state index is -0.539. The fraction of sp³-hybridized carbons (Fsp3) is 0.381. The van der Waals surface area contributed by atoms with Gasteiger partial charge in [0.25, 0.3) is 0 Å². The van der Waals surface area contributed by atoms with Crippen molar-refractivity contribution in [3.63, 3.8) is 0 Å². The summed E-state index contributed by atoms with van der Waals surface area (Å²) in [6.45, 7) is 7.85. The minimum absolute atomic E-state index is 0. The summed E-state index contributed by atoms with van der Waals surface area (Å²) in [7, 11) is 1.67. The zero-order chi connectivity index (χ0) is 18.6. The molecule has 1 unspecified atom stereocenters. The first-order valence-electron chi connectivity index (χ1n) is 8.53. The predicted molar refractivity (Wildman–Crippen MR) is 110 cm³/mol. The molecule has 0 saturated heterocycles. The van der Waals surface area contributed by atoms with Crippen LogP contribution in [0.4, 0.5) is 0 Å². The van der Waals surface area contributed by atoms with E-state index in [2.05, 4.69) is 5.32 Å². The summed E-state index contributed by atoms with van der Waals surface area (Å²) >= 11 is 0. The Labute approximate surface area is 162 Å². The van der Waals surface area contributed by atoms with Crippen LogP contribution in [0.2, 0.25) is 0 Å². The van der Waals surface area contributed by atoms with Gasteiger partial charge in [-0.15, -0.1) is 12.4 Å². The molecule has 26 heavy (non-hydrogen) atoms. The minimum Gasteiger partial charge on any atom is -0.496 e. The number of methoxy groups -OCH3 is 1. The first-order valence-corrected chi connectivity index (χ1v) is 8.53. The molecule has 0 bridgehead atoms. The molecule has 2 atom stereocenters. The van der Waals surface area contributed by atoms with E-state index < -0.39 is 6.04 Å². The van der Waals surface area contributed by atoms with Gasteiger partial charge in [-0.2, -0.15) is 0 Å². The van der Waals surface area contributed by atoms with Crippen LogP contribution in [0.25, 0.3) is 11.1 Å². The highest BCUT2D eigenvalue weighted by Gasteiger charge is 2.28. The van der Waals surface area contributed by atoms with E-state index in [0.717, 1.165) is 22.4 Å². The first kappa shape index (κ1) is 22.0. The molecule has 3 N–H and O–H groups in total. The van der Waals surface area contributed by atoms with Crippen LogP contribution in [0.1, 0.15) is 39.3 Å². The maximum atomic E-state index is 12.3. The van der Waals surface area contributed by atoms with Crippen molar-refractivity contribution in [2.75, 3.05) is 7.11 Å². The molecule has 0 aliphatic carbocycles. The Morgan fingerprint density at radius 2 is 1.65 bits per heavy atom. The normalized spacial score (nSPS) is 13.3. The molecule has 142 valence electrons. The standard InChI is InChI=1S/C21H28N2O2.ClH/c1-14(23-20(24)19(22)21(2,3)4)15-10-12-16(13-11-15)17-8-6-7-9-18(17)25-5;/h6-14,19H,22H2,1-5H3,(H,23,24);1H/t14?,19-;/m1./s1. The van der Waals surface area contributed by atoms with Crippen LogP contribution < -0.4 is 15.8 Å². The second kappa shape index (κ2) is 9.06. The van der Waals surface area contributed by atoms with Crippen molar-refractivity contribution < 1.29 is 9.53 Å². The largest absolute Gasteiger partial charge is 0.496 e. The lowest BCUT2D eigenvalue weighted by atomic mass is 9.86. The number of halogens is 1. The number of nitrogens with two attached hydrogens (primary N) is 1. The van der Waals surface area contributed by atoms with E-state index in [-0.39, 0.29) is 29.8 Å². The SMILES string of the molecule is COc1ccccc1-c1ccc(C(C)NC(=O)[C@@H](N)C(C)(C)C)cc1.Cl. The third-order valence-corrected chi connectivity index (χ3v) is 4.40. The summed E-state index contributed by atoms with van der Waals surface area (Å²) in [5, 5.41) is 3.00. The quantitative estimate of drug-likeness (QED) is 0.816. The summed E-state index contributed by atoms with van der Waals surface area (Å²) in [5.74, 6) is 0.710. The van der Waals surface area contributed by atoms with Crippen molar-refractivity contribution in [2.24, 2.45) is 11.1 Å². The monoisotopic (exact) mass is 376 g/mol. The van der Waals surface area contributed by atoms with Gasteiger partial charge in [-0.1, -0.05) is 63.2 Å². The molecule has 2 rings (SSSR count). The summed E-state index contributed by atoms with van der Waals surface area (Å²) in [6, 6.07) is 15.4. The van der Waals surface area contributed by atoms with Gasteiger partial charge >= 0.3 is 0 Å². The molecular weight excluding hydrogens is 348 g/mol. The van der Waals surface area contributed by atoms with E-state index in [1.165, 1.54) is 0 Å². The Kier molecular flexibility index (Phi) is 7.67. The van der Waals surface area contributed by atoms with Crippen LogP contribution in [0, 0.1) is 5.41 Å². The van der Waals surface area contributed by atoms with Gasteiger partial charge in [0, 0.05) is 5.56 Å². The van der Waals surface area contributed by atoms with Crippen molar-refractivity contribution in [1.29, 1.82) is 0 Å². The maximum Gasteiger partial charge on any atom is 0.237 e. The van der Waals surface area contributed by atoms with Crippen molar-refractivity contribution in [3.05, 3.63) is 54.1 Å². The van der Waals surface area contributed by atoms with Crippen LogP contribution in [-0.2, 0) is 4.79 Å². The number of hydrogen-bond donors (Lipinski definition) is 2. The first-order chi connectivity index (χ1) is 11.7. The van der Waals surface area contributed by atoms with Gasteiger partial charge in [0.2, 0.25) is 5.91 Å².